The first kappa shape index (κ1) is 12.9. The Morgan fingerprint density at radius 2 is 2.18 bits per heavy atom. The van der Waals surface area contributed by atoms with Gasteiger partial charge in [0.1, 0.15) is 0 Å². The molecule has 17 heavy (non-hydrogen) atoms. The molecule has 0 unspecified atom stereocenters. The molecule has 2 rings (SSSR count). The zero-order valence-electron chi connectivity index (χ0n) is 11.1. The van der Waals surface area contributed by atoms with E-state index in [1.165, 1.54) is 12.8 Å². The van der Waals surface area contributed by atoms with E-state index in [9.17, 15) is 9.90 Å². The van der Waals surface area contributed by atoms with Crippen molar-refractivity contribution < 1.29 is 9.90 Å². The molecule has 1 heterocycles. The minimum Gasteiger partial charge on any atom is -0.481 e. The third kappa shape index (κ3) is 2.22. The molecule has 1 aliphatic carbocycles. The van der Waals surface area contributed by atoms with E-state index in [0.29, 0.717) is 5.92 Å². The van der Waals surface area contributed by atoms with Gasteiger partial charge in [-0.1, -0.05) is 33.1 Å². The zero-order chi connectivity index (χ0) is 12.5. The van der Waals surface area contributed by atoms with Crippen LogP contribution in [0.4, 0.5) is 0 Å². The van der Waals surface area contributed by atoms with Crippen LogP contribution < -0.4 is 0 Å². The molecular weight excluding hydrogens is 214 g/mol. The molecule has 3 heteroatoms. The monoisotopic (exact) mass is 239 g/mol. The van der Waals surface area contributed by atoms with Crippen LogP contribution in [-0.2, 0) is 4.79 Å². The minimum absolute atomic E-state index is 0.397. The molecular formula is C14H25NO2. The highest BCUT2D eigenvalue weighted by Crippen LogP contribution is 2.49. The third-order valence-electron chi connectivity index (χ3n) is 5.04. The summed E-state index contributed by atoms with van der Waals surface area (Å²) < 4.78 is 0. The number of carboxylic acid groups (broad SMARTS) is 1. The van der Waals surface area contributed by atoms with Crippen LogP contribution >= 0.6 is 0 Å². The highest BCUT2D eigenvalue weighted by molar-refractivity contribution is 5.76. The second-order valence-electron chi connectivity index (χ2n) is 5.93. The zero-order valence-corrected chi connectivity index (χ0v) is 11.1. The molecule has 2 fully saturated rings. The molecule has 2 aliphatic rings. The molecule has 1 saturated heterocycles. The minimum atomic E-state index is -0.549. The third-order valence-corrected chi connectivity index (χ3v) is 5.04. The molecule has 1 aliphatic heterocycles. The van der Waals surface area contributed by atoms with Gasteiger partial charge in [-0.2, -0.15) is 0 Å². The summed E-state index contributed by atoms with van der Waals surface area (Å²) in [5.41, 5.74) is -0.397. The Morgan fingerprint density at radius 3 is 2.71 bits per heavy atom. The number of hydrogen-bond donors (Lipinski definition) is 1. The molecule has 0 spiro atoms. The Morgan fingerprint density at radius 1 is 1.47 bits per heavy atom. The number of carboxylic acids is 1. The van der Waals surface area contributed by atoms with E-state index >= 15 is 0 Å². The van der Waals surface area contributed by atoms with E-state index in [4.69, 9.17) is 0 Å². The highest BCUT2D eigenvalue weighted by atomic mass is 16.4. The van der Waals surface area contributed by atoms with E-state index in [1.54, 1.807) is 0 Å². The van der Waals surface area contributed by atoms with Gasteiger partial charge in [-0.05, 0) is 24.7 Å². The molecule has 1 N–H and O–H groups in total. The van der Waals surface area contributed by atoms with Crippen molar-refractivity contribution in [3.63, 3.8) is 0 Å². The summed E-state index contributed by atoms with van der Waals surface area (Å²) in [4.78, 5) is 14.0. The lowest BCUT2D eigenvalue weighted by molar-refractivity contribution is -0.149. The van der Waals surface area contributed by atoms with Crippen LogP contribution in [0.5, 0.6) is 0 Å². The van der Waals surface area contributed by atoms with Crippen molar-refractivity contribution in [2.75, 3.05) is 19.6 Å². The van der Waals surface area contributed by atoms with Crippen LogP contribution in [-0.4, -0.2) is 35.6 Å². The van der Waals surface area contributed by atoms with Crippen molar-refractivity contribution in [1.29, 1.82) is 0 Å². The van der Waals surface area contributed by atoms with Crippen molar-refractivity contribution in [3.8, 4) is 0 Å². The van der Waals surface area contributed by atoms with E-state index in [2.05, 4.69) is 18.7 Å². The van der Waals surface area contributed by atoms with Crippen molar-refractivity contribution in [2.45, 2.75) is 46.0 Å². The maximum atomic E-state index is 11.5. The van der Waals surface area contributed by atoms with Crippen molar-refractivity contribution in [3.05, 3.63) is 0 Å². The van der Waals surface area contributed by atoms with Crippen LogP contribution in [0.1, 0.15) is 46.0 Å². The fourth-order valence-corrected chi connectivity index (χ4v) is 3.79. The van der Waals surface area contributed by atoms with Crippen LogP contribution in [0, 0.1) is 17.3 Å². The molecule has 2 atom stereocenters. The van der Waals surface area contributed by atoms with Crippen LogP contribution in [0.3, 0.4) is 0 Å². The maximum Gasteiger partial charge on any atom is 0.311 e. The first-order chi connectivity index (χ1) is 8.12. The van der Waals surface area contributed by atoms with Crippen molar-refractivity contribution in [2.24, 2.45) is 17.3 Å². The second-order valence-corrected chi connectivity index (χ2v) is 5.93. The summed E-state index contributed by atoms with van der Waals surface area (Å²) in [5, 5.41) is 9.51. The molecule has 0 aromatic rings. The normalized spacial score (nSPS) is 33.2. The quantitative estimate of drug-likeness (QED) is 0.801. The number of rotatable bonds is 5. The van der Waals surface area contributed by atoms with Gasteiger partial charge >= 0.3 is 5.97 Å². The van der Waals surface area contributed by atoms with E-state index in [1.807, 2.05) is 0 Å². The Balaban J connectivity index is 2.00. The Bertz CT molecular complexity index is 288. The predicted octanol–water partition coefficient (Wildman–Crippen LogP) is 2.61. The Labute approximate surface area is 104 Å². The van der Waals surface area contributed by atoms with Gasteiger partial charge in [0.05, 0.1) is 5.41 Å². The molecule has 1 saturated carbocycles. The van der Waals surface area contributed by atoms with E-state index in [-0.39, 0.29) is 0 Å². The van der Waals surface area contributed by atoms with E-state index in [0.717, 1.165) is 44.8 Å². The molecule has 0 amide bonds. The van der Waals surface area contributed by atoms with Gasteiger partial charge in [0.2, 0.25) is 0 Å². The van der Waals surface area contributed by atoms with Crippen LogP contribution in [0.15, 0.2) is 0 Å². The Kier molecular flexibility index (Phi) is 3.76. The van der Waals surface area contributed by atoms with Crippen molar-refractivity contribution >= 4 is 5.97 Å². The number of nitrogens with zero attached hydrogens (tertiary/aromatic N) is 1. The van der Waals surface area contributed by atoms with Gasteiger partial charge in [0.15, 0.2) is 0 Å². The lowest BCUT2D eigenvalue weighted by atomic mass is 9.81. The van der Waals surface area contributed by atoms with Gasteiger partial charge < -0.3 is 10.0 Å². The SMILES string of the molecule is CCC(CC)CN1C[C@@H]2CCC[C@@]2(C(=O)O)C1. The summed E-state index contributed by atoms with van der Waals surface area (Å²) in [6, 6.07) is 0. The van der Waals surface area contributed by atoms with Gasteiger partial charge in [-0.25, -0.2) is 0 Å². The van der Waals surface area contributed by atoms with Gasteiger partial charge in [0, 0.05) is 19.6 Å². The van der Waals surface area contributed by atoms with Crippen molar-refractivity contribution in [1.82, 2.24) is 4.90 Å². The number of hydrogen-bond acceptors (Lipinski definition) is 2. The molecule has 0 aromatic heterocycles. The summed E-state index contributed by atoms with van der Waals surface area (Å²) in [5.74, 6) is 0.598. The molecule has 0 bridgehead atoms. The maximum absolute atomic E-state index is 11.5. The van der Waals surface area contributed by atoms with Crippen LogP contribution in [0.25, 0.3) is 0 Å². The molecule has 3 nitrogen and oxygen atoms in total. The first-order valence-corrected chi connectivity index (χ1v) is 7.08. The summed E-state index contributed by atoms with van der Waals surface area (Å²) in [6.07, 6.45) is 5.53. The fourth-order valence-electron chi connectivity index (χ4n) is 3.79. The predicted molar refractivity (Wildman–Crippen MR) is 67.9 cm³/mol. The topological polar surface area (TPSA) is 40.5 Å². The lowest BCUT2D eigenvalue weighted by Gasteiger charge is -2.25. The average molecular weight is 239 g/mol. The van der Waals surface area contributed by atoms with Crippen LogP contribution in [0.2, 0.25) is 0 Å². The molecule has 98 valence electrons. The highest BCUT2D eigenvalue weighted by Gasteiger charge is 2.54. The second kappa shape index (κ2) is 4.97. The van der Waals surface area contributed by atoms with Gasteiger partial charge in [-0.15, -0.1) is 0 Å². The van der Waals surface area contributed by atoms with E-state index < -0.39 is 11.4 Å². The lowest BCUT2D eigenvalue weighted by Crippen LogP contribution is -2.36. The number of carbonyl (C=O) groups is 1. The number of aliphatic carboxylic acids is 1. The van der Waals surface area contributed by atoms with Gasteiger partial charge in [-0.3, -0.25) is 4.79 Å². The molecule has 0 radical (unpaired) electrons. The first-order valence-electron chi connectivity index (χ1n) is 7.08. The number of likely N-dealkylation sites (tertiary alicyclic amines) is 1. The molecule has 0 aromatic carbocycles. The largest absolute Gasteiger partial charge is 0.481 e. The Hall–Kier alpha value is -0.570. The smallest absolute Gasteiger partial charge is 0.311 e. The summed E-state index contributed by atoms with van der Waals surface area (Å²) in [6.45, 7) is 7.38. The number of fused-ring (bicyclic) bond motifs is 1. The fraction of sp³-hybridized carbons (Fsp3) is 0.929. The average Bonchev–Trinajstić information content (AvgIpc) is 2.82. The summed E-state index contributed by atoms with van der Waals surface area (Å²) >= 11 is 0. The van der Waals surface area contributed by atoms with Gasteiger partial charge in [0.25, 0.3) is 0 Å². The summed E-state index contributed by atoms with van der Waals surface area (Å²) in [7, 11) is 0. The standard InChI is InChI=1S/C14H25NO2/c1-3-11(4-2)8-15-9-12-6-5-7-14(12,10-15)13(16)17/h11-12H,3-10H2,1-2H3,(H,16,17)/t12-,14+/m0/s1.